The Balaban J connectivity index is 4.85. The van der Waals surface area contributed by atoms with E-state index >= 15 is 0 Å². The molecule has 0 unspecified atom stereocenters. The molecule has 0 heterocycles. The van der Waals surface area contributed by atoms with Crippen molar-refractivity contribution in [1.82, 2.24) is 0 Å². The molecule has 0 radical (unpaired) electrons. The lowest BCUT2D eigenvalue weighted by Gasteiger charge is -2.29. The van der Waals surface area contributed by atoms with Crippen LogP contribution in [-0.4, -0.2) is 25.3 Å². The lowest BCUT2D eigenvalue weighted by molar-refractivity contribution is 3.31. The number of halogens is 8. The third-order valence-corrected chi connectivity index (χ3v) is 79.6. The summed E-state index contributed by atoms with van der Waals surface area (Å²) in [5.41, 5.74) is -9.22. The molecule has 0 amide bonds. The molecule has 0 atom stereocenters. The van der Waals surface area contributed by atoms with Gasteiger partial charge in [-0.25, -0.2) is 0 Å². The van der Waals surface area contributed by atoms with Crippen LogP contribution in [0, 0.1) is 0 Å². The Morgan fingerprint density at radius 1 is 0.750 bits per heavy atom. The van der Waals surface area contributed by atoms with Gasteiger partial charge in [-0.3, -0.25) is 0 Å². The molecule has 0 aromatic carbocycles. The van der Waals surface area contributed by atoms with Crippen molar-refractivity contribution in [3.05, 3.63) is 0 Å². The van der Waals surface area contributed by atoms with E-state index in [0.717, 1.165) is 0 Å². The van der Waals surface area contributed by atoms with E-state index in [9.17, 15) is 0 Å². The maximum Gasteiger partial charge on any atom is 0.358 e. The van der Waals surface area contributed by atoms with Crippen LogP contribution in [-0.2, 0) is 0 Å². The van der Waals surface area contributed by atoms with Crippen LogP contribution < -0.4 is 0 Å². The van der Waals surface area contributed by atoms with Crippen LogP contribution in [0.5, 0.6) is 0 Å². The van der Waals surface area contributed by atoms with E-state index in [2.05, 4.69) is 0 Å². The van der Waals surface area contributed by atoms with Gasteiger partial charge in [0.2, 0.25) is 0 Å². The van der Waals surface area contributed by atoms with Crippen molar-refractivity contribution >= 4 is 114 Å². The van der Waals surface area contributed by atoms with E-state index in [1.165, 1.54) is 0 Å². The summed E-state index contributed by atoms with van der Waals surface area (Å²) in [4.78, 5) is 0. The Kier molecular flexibility index (Phi) is 6.34. The van der Waals surface area contributed by atoms with Crippen molar-refractivity contribution in [3.63, 3.8) is 0 Å². The quantitative estimate of drug-likeness (QED) is 0.505. The fraction of sp³-hybridized carbons (Fsp3) is 0. The van der Waals surface area contributed by atoms with Gasteiger partial charge in [-0.1, -0.05) is 0 Å². The highest BCUT2D eigenvalue weighted by Crippen LogP contribution is 2.46. The highest BCUT2D eigenvalue weighted by molar-refractivity contribution is 8.25. The zero-order valence-corrected chi connectivity index (χ0v) is 15.7. The summed E-state index contributed by atoms with van der Waals surface area (Å²) in [6.45, 7) is 0. The minimum Gasteiger partial charge on any atom is -0.177 e. The van der Waals surface area contributed by atoms with Crippen LogP contribution in [0.3, 0.4) is 0 Å². The molecular formula is H2Cl8Si4. The van der Waals surface area contributed by atoms with Gasteiger partial charge < -0.3 is 0 Å². The molecule has 0 aliphatic carbocycles. The van der Waals surface area contributed by atoms with Gasteiger partial charge in [0.1, 0.15) is 0 Å². The van der Waals surface area contributed by atoms with Crippen molar-refractivity contribution < 1.29 is 0 Å². The van der Waals surface area contributed by atoms with E-state index in [1.807, 2.05) is 0 Å². The van der Waals surface area contributed by atoms with Gasteiger partial charge in [0.15, 0.2) is 8.35 Å². The third kappa shape index (κ3) is 3.35. The first-order valence-electron chi connectivity index (χ1n) is 2.44. The van der Waals surface area contributed by atoms with Gasteiger partial charge in [-0.15, -0.1) is 77.6 Å². The highest BCUT2D eigenvalue weighted by Gasteiger charge is 2.67. The van der Waals surface area contributed by atoms with Gasteiger partial charge >= 0.3 is 11.2 Å². The first kappa shape index (κ1) is 15.2. The summed E-state index contributed by atoms with van der Waals surface area (Å²) in [5.74, 6) is 0. The molecule has 0 saturated heterocycles. The van der Waals surface area contributed by atoms with Crippen LogP contribution in [0.1, 0.15) is 0 Å². The van der Waals surface area contributed by atoms with Crippen molar-refractivity contribution in [3.8, 4) is 0 Å². The van der Waals surface area contributed by atoms with E-state index in [1.54, 1.807) is 0 Å². The molecule has 0 rings (SSSR count). The van der Waals surface area contributed by atoms with Crippen molar-refractivity contribution in [2.24, 2.45) is 0 Å². The molecular weight excluding hydrogens is 396 g/mol. The summed E-state index contributed by atoms with van der Waals surface area (Å²) < 4.78 is 0. The fourth-order valence-electron chi connectivity index (χ4n) is 0.291. The van der Waals surface area contributed by atoms with Crippen LogP contribution >= 0.6 is 88.6 Å². The molecule has 0 spiro atoms. The topological polar surface area (TPSA) is 0 Å². The van der Waals surface area contributed by atoms with Crippen molar-refractivity contribution in [1.29, 1.82) is 0 Å². The summed E-state index contributed by atoms with van der Waals surface area (Å²) in [7, 11) is -1.22. The zero-order valence-electron chi connectivity index (χ0n) is 5.23. The van der Waals surface area contributed by atoms with Gasteiger partial charge in [0.25, 0.3) is 5.73 Å². The standard InChI is InChI=1S/Cl8H2Si4/c1-9-11(5,6)12(7,8)10(2,3)4/h9H2. The summed E-state index contributed by atoms with van der Waals surface area (Å²) in [6.07, 6.45) is 0. The number of rotatable bonds is 3. The number of hydrogen-bond acceptors (Lipinski definition) is 0. The predicted octanol–water partition coefficient (Wildman–Crippen LogP) is 3.46. The molecule has 0 aromatic rings. The normalized spacial score (nSPS) is 16.0. The Bertz CT molecular complexity index is 155. The first-order chi connectivity index (χ1) is 5.06. The Labute approximate surface area is 113 Å². The van der Waals surface area contributed by atoms with Gasteiger partial charge in [0.05, 0.1) is 0 Å². The van der Waals surface area contributed by atoms with Crippen LogP contribution in [0.4, 0.5) is 0 Å². The molecule has 0 aliphatic heterocycles. The van der Waals surface area contributed by atoms with E-state index in [0.29, 0.717) is 0 Å². The predicted molar refractivity (Wildman–Crippen MR) is 72.6 cm³/mol. The Hall–Kier alpha value is 3.19. The smallest absolute Gasteiger partial charge is 0.177 e. The summed E-state index contributed by atoms with van der Waals surface area (Å²) in [5, 5.41) is 0. The molecule has 0 nitrogen and oxygen atoms in total. The molecule has 12 heavy (non-hydrogen) atoms. The molecule has 0 bridgehead atoms. The van der Waals surface area contributed by atoms with E-state index in [4.69, 9.17) is 88.6 Å². The lowest BCUT2D eigenvalue weighted by Crippen LogP contribution is -2.62. The second-order valence-corrected chi connectivity index (χ2v) is 51.6. The zero-order chi connectivity index (χ0) is 10.2. The second-order valence-electron chi connectivity index (χ2n) is 1.91. The lowest BCUT2D eigenvalue weighted by atomic mass is 26.2. The molecule has 0 N–H and O–H groups in total. The maximum absolute atomic E-state index is 5.92. The van der Waals surface area contributed by atoms with Gasteiger partial charge in [0, 0.05) is 0 Å². The average Bonchev–Trinajstić information content (AvgIpc) is 1.85. The van der Waals surface area contributed by atoms with Crippen molar-refractivity contribution in [2.45, 2.75) is 0 Å². The molecule has 12 heteroatoms. The van der Waals surface area contributed by atoms with Crippen LogP contribution in [0.15, 0.2) is 0 Å². The maximum atomic E-state index is 5.92. The van der Waals surface area contributed by atoms with Gasteiger partial charge in [-0.2, -0.15) is 11.1 Å². The fourth-order valence-corrected chi connectivity index (χ4v) is 70.8. The second kappa shape index (κ2) is 5.01. The monoisotopic (exact) mass is 394 g/mol. The SMILES string of the molecule is Cl[SiH2][Si](Cl)(Cl)[Si](Cl)(Cl)[Si](Cl)(Cl)Cl. The Morgan fingerprint density at radius 3 is 1.17 bits per heavy atom. The van der Waals surface area contributed by atoms with Crippen LogP contribution in [0.25, 0.3) is 0 Å². The average molecular weight is 398 g/mol. The summed E-state index contributed by atoms with van der Waals surface area (Å²) in [6, 6.07) is 0. The molecule has 74 valence electrons. The largest absolute Gasteiger partial charge is 0.358 e. The third-order valence-electron chi connectivity index (χ3n) is 0.983. The highest BCUT2D eigenvalue weighted by atomic mass is 35.9. The summed E-state index contributed by atoms with van der Waals surface area (Å²) >= 11 is 46.4. The van der Waals surface area contributed by atoms with E-state index < -0.39 is 25.3 Å². The molecule has 0 saturated carbocycles. The Morgan fingerprint density at radius 2 is 1.08 bits per heavy atom. The molecule has 0 aliphatic rings. The van der Waals surface area contributed by atoms with Gasteiger partial charge in [-0.05, 0) is 0 Å². The molecule has 0 aromatic heterocycles. The van der Waals surface area contributed by atoms with E-state index in [-0.39, 0.29) is 0 Å². The first-order valence-corrected chi connectivity index (χ1v) is 22.0. The minimum absolute atomic E-state index is 1.22. The van der Waals surface area contributed by atoms with Crippen molar-refractivity contribution in [2.75, 3.05) is 0 Å². The minimum atomic E-state index is -3.21. The number of hydrogen-bond donors (Lipinski definition) is 0. The van der Waals surface area contributed by atoms with Crippen LogP contribution in [0.2, 0.25) is 0 Å². The molecule has 0 fully saturated rings.